The van der Waals surface area contributed by atoms with Gasteiger partial charge in [-0.05, 0) is 48.9 Å². The van der Waals surface area contributed by atoms with E-state index in [0.29, 0.717) is 23.5 Å². The number of aromatic nitrogens is 2. The maximum Gasteiger partial charge on any atom is 0.141 e. The van der Waals surface area contributed by atoms with Gasteiger partial charge in [-0.15, -0.1) is 0 Å². The molecule has 0 spiro atoms. The van der Waals surface area contributed by atoms with Gasteiger partial charge in [-0.3, -0.25) is 9.97 Å². The van der Waals surface area contributed by atoms with Crippen LogP contribution in [0.2, 0.25) is 5.02 Å². The molecule has 32 heavy (non-hydrogen) atoms. The van der Waals surface area contributed by atoms with E-state index in [1.807, 2.05) is 49.5 Å². The zero-order valence-corrected chi connectivity index (χ0v) is 18.0. The second kappa shape index (κ2) is 9.46. The molecule has 0 aliphatic rings. The van der Waals surface area contributed by atoms with Crippen molar-refractivity contribution in [1.82, 2.24) is 9.97 Å². The number of rotatable bonds is 6. The fraction of sp³-hybridized carbons (Fsp3) is 0.0800. The smallest absolute Gasteiger partial charge is 0.141 e. The van der Waals surface area contributed by atoms with E-state index in [2.05, 4.69) is 26.7 Å². The molecule has 0 aliphatic carbocycles. The minimum absolute atomic E-state index is 0.000279. The molecule has 0 atom stereocenters. The van der Waals surface area contributed by atoms with E-state index in [1.54, 1.807) is 12.3 Å². The van der Waals surface area contributed by atoms with Crippen LogP contribution in [0.4, 0.5) is 21.5 Å². The number of benzene rings is 2. The molecule has 0 unspecified atom stereocenters. The van der Waals surface area contributed by atoms with Crippen LogP contribution >= 0.6 is 11.6 Å². The van der Waals surface area contributed by atoms with Crippen molar-refractivity contribution < 1.29 is 4.39 Å². The highest BCUT2D eigenvalue weighted by atomic mass is 35.5. The number of hydrogen-bond donors (Lipinski definition) is 2. The van der Waals surface area contributed by atoms with Gasteiger partial charge in [0.25, 0.3) is 0 Å². The number of nitrogens with zero attached hydrogens (tertiary/aromatic N) is 3. The molecule has 0 amide bonds. The van der Waals surface area contributed by atoms with E-state index in [-0.39, 0.29) is 5.02 Å². The summed E-state index contributed by atoms with van der Waals surface area (Å²) in [5.74, 6) is -0.505. The van der Waals surface area contributed by atoms with Crippen molar-refractivity contribution in [1.29, 1.82) is 5.26 Å². The van der Waals surface area contributed by atoms with Gasteiger partial charge >= 0.3 is 0 Å². The second-order valence-corrected chi connectivity index (χ2v) is 7.50. The van der Waals surface area contributed by atoms with E-state index in [0.717, 1.165) is 27.7 Å². The Hall–Kier alpha value is -3.95. The van der Waals surface area contributed by atoms with Gasteiger partial charge in [0.2, 0.25) is 0 Å². The predicted molar refractivity (Wildman–Crippen MR) is 127 cm³/mol. The minimum Gasteiger partial charge on any atom is -0.381 e. The molecule has 158 valence electrons. The van der Waals surface area contributed by atoms with Crippen LogP contribution < -0.4 is 10.6 Å². The average molecular weight is 444 g/mol. The molecular weight excluding hydrogens is 425 g/mol. The summed E-state index contributed by atoms with van der Waals surface area (Å²) in [5, 5.41) is 17.1. The molecule has 2 N–H and O–H groups in total. The van der Waals surface area contributed by atoms with Gasteiger partial charge in [-0.25, -0.2) is 4.39 Å². The van der Waals surface area contributed by atoms with Crippen LogP contribution in [-0.2, 0) is 6.54 Å². The predicted octanol–water partition coefficient (Wildman–Crippen LogP) is 6.68. The van der Waals surface area contributed by atoms with E-state index in [1.165, 1.54) is 18.3 Å². The third-order valence-corrected chi connectivity index (χ3v) is 5.17. The van der Waals surface area contributed by atoms with Gasteiger partial charge < -0.3 is 10.6 Å². The van der Waals surface area contributed by atoms with Gasteiger partial charge in [-0.2, -0.15) is 5.26 Å². The summed E-state index contributed by atoms with van der Waals surface area (Å²) in [6.45, 7) is 2.53. The number of pyridine rings is 2. The highest BCUT2D eigenvalue weighted by Gasteiger charge is 2.14. The standard InChI is InChI=1S/C25H19ClFN5/c1-2-4-17-9-20(30-14-16-5-3-8-29-13-16)10-21-24(17)31-15-18(12-28)25(21)32-19-6-7-23(27)22(26)11-19/h2-11,13,15,30H,14H2,1H3,(H,31,32)/b4-2+. The van der Waals surface area contributed by atoms with Gasteiger partial charge in [-0.1, -0.05) is 29.8 Å². The summed E-state index contributed by atoms with van der Waals surface area (Å²) >= 11 is 5.95. The monoisotopic (exact) mass is 443 g/mol. The SMILES string of the molecule is C/C=C/c1cc(NCc2cccnc2)cc2c(Nc3ccc(F)c(Cl)c3)c(C#N)cnc12. The Morgan fingerprint density at radius 1 is 1.16 bits per heavy atom. The fourth-order valence-corrected chi connectivity index (χ4v) is 3.56. The van der Waals surface area contributed by atoms with Crippen LogP contribution in [0, 0.1) is 17.1 Å². The lowest BCUT2D eigenvalue weighted by Gasteiger charge is -2.15. The second-order valence-electron chi connectivity index (χ2n) is 7.09. The van der Waals surface area contributed by atoms with Crippen LogP contribution in [0.25, 0.3) is 17.0 Å². The molecule has 2 aromatic carbocycles. The van der Waals surface area contributed by atoms with Crippen LogP contribution in [0.15, 0.2) is 67.1 Å². The summed E-state index contributed by atoms with van der Waals surface area (Å²) in [6, 6.07) is 14.4. The number of anilines is 3. The lowest BCUT2D eigenvalue weighted by Crippen LogP contribution is -2.02. The molecule has 4 rings (SSSR count). The quantitative estimate of drug-likeness (QED) is 0.347. The number of fused-ring (bicyclic) bond motifs is 1. The number of nitriles is 1. The molecule has 7 heteroatoms. The minimum atomic E-state index is -0.505. The molecule has 0 aliphatic heterocycles. The van der Waals surface area contributed by atoms with Crippen LogP contribution in [0.5, 0.6) is 0 Å². The fourth-order valence-electron chi connectivity index (χ4n) is 3.38. The summed E-state index contributed by atoms with van der Waals surface area (Å²) in [4.78, 5) is 8.67. The van der Waals surface area contributed by atoms with Crippen molar-refractivity contribution in [2.24, 2.45) is 0 Å². The highest BCUT2D eigenvalue weighted by Crippen LogP contribution is 2.34. The number of hydrogen-bond acceptors (Lipinski definition) is 5. The van der Waals surface area contributed by atoms with Crippen molar-refractivity contribution in [2.45, 2.75) is 13.5 Å². The van der Waals surface area contributed by atoms with E-state index in [9.17, 15) is 9.65 Å². The molecule has 2 heterocycles. The first-order valence-corrected chi connectivity index (χ1v) is 10.3. The molecule has 0 saturated carbocycles. The summed E-state index contributed by atoms with van der Waals surface area (Å²) in [5.41, 5.74) is 5.08. The molecule has 4 aromatic rings. The van der Waals surface area contributed by atoms with Crippen LogP contribution in [-0.4, -0.2) is 9.97 Å². The first-order chi connectivity index (χ1) is 15.6. The van der Waals surface area contributed by atoms with E-state index < -0.39 is 5.82 Å². The summed E-state index contributed by atoms with van der Waals surface area (Å²) in [7, 11) is 0. The van der Waals surface area contributed by atoms with Crippen molar-refractivity contribution in [3.63, 3.8) is 0 Å². The molecule has 5 nitrogen and oxygen atoms in total. The van der Waals surface area contributed by atoms with Gasteiger partial charge in [0.05, 0.1) is 21.8 Å². The maximum atomic E-state index is 13.6. The summed E-state index contributed by atoms with van der Waals surface area (Å²) in [6.07, 6.45) is 8.98. The molecule has 0 fully saturated rings. The van der Waals surface area contributed by atoms with Crippen LogP contribution in [0.3, 0.4) is 0 Å². The normalized spacial score (nSPS) is 10.9. The van der Waals surface area contributed by atoms with Gasteiger partial charge in [0.15, 0.2) is 0 Å². The van der Waals surface area contributed by atoms with Gasteiger partial charge in [0.1, 0.15) is 11.9 Å². The third kappa shape index (κ3) is 4.53. The number of halogens is 2. The Labute approximate surface area is 190 Å². The lowest BCUT2D eigenvalue weighted by molar-refractivity contribution is 0.628. The Kier molecular flexibility index (Phi) is 6.29. The third-order valence-electron chi connectivity index (χ3n) is 4.88. The molecule has 0 saturated heterocycles. The number of nitrogens with one attached hydrogen (secondary N) is 2. The summed E-state index contributed by atoms with van der Waals surface area (Å²) < 4.78 is 13.6. The zero-order chi connectivity index (χ0) is 22.5. The molecule has 0 radical (unpaired) electrons. The Morgan fingerprint density at radius 2 is 2.03 bits per heavy atom. The lowest BCUT2D eigenvalue weighted by atomic mass is 10.0. The van der Waals surface area contributed by atoms with Crippen LogP contribution in [0.1, 0.15) is 23.6 Å². The molecule has 2 aromatic heterocycles. The van der Waals surface area contributed by atoms with Crippen molar-refractivity contribution in [3.8, 4) is 6.07 Å². The molecule has 0 bridgehead atoms. The largest absolute Gasteiger partial charge is 0.381 e. The van der Waals surface area contributed by atoms with Crippen molar-refractivity contribution in [2.75, 3.05) is 10.6 Å². The highest BCUT2D eigenvalue weighted by molar-refractivity contribution is 6.31. The topological polar surface area (TPSA) is 73.6 Å². The Balaban J connectivity index is 1.82. The Morgan fingerprint density at radius 3 is 2.75 bits per heavy atom. The molecular formula is C25H19ClFN5. The van der Waals surface area contributed by atoms with E-state index >= 15 is 0 Å². The first kappa shape index (κ1) is 21.3. The zero-order valence-electron chi connectivity index (χ0n) is 17.2. The van der Waals surface area contributed by atoms with E-state index in [4.69, 9.17) is 11.6 Å². The number of allylic oxidation sites excluding steroid dienone is 1. The Bertz CT molecular complexity index is 1350. The van der Waals surface area contributed by atoms with Crippen molar-refractivity contribution >= 4 is 45.6 Å². The van der Waals surface area contributed by atoms with Crippen molar-refractivity contribution in [3.05, 3.63) is 94.7 Å². The maximum absolute atomic E-state index is 13.6. The van der Waals surface area contributed by atoms with Gasteiger partial charge in [0, 0.05) is 47.5 Å². The average Bonchev–Trinajstić information content (AvgIpc) is 2.81. The first-order valence-electron chi connectivity index (χ1n) is 9.93.